The number of hydrogen-bond donors (Lipinski definition) is 0. The Kier molecular flexibility index (Phi) is 3.98. The molecule has 0 aromatic carbocycles. The Hall–Kier alpha value is -1.46. The number of rotatable bonds is 3. The predicted molar refractivity (Wildman–Crippen MR) is 77.5 cm³/mol. The number of carbonyl (C=O) groups excluding carboxylic acids is 1. The highest BCUT2D eigenvalue weighted by atomic mass is 16.2. The van der Waals surface area contributed by atoms with Gasteiger partial charge in [-0.25, -0.2) is 0 Å². The van der Waals surface area contributed by atoms with Gasteiger partial charge in [-0.1, -0.05) is 6.07 Å². The van der Waals surface area contributed by atoms with Crippen molar-refractivity contribution >= 4 is 5.91 Å². The highest BCUT2D eigenvalue weighted by Crippen LogP contribution is 2.24. The zero-order valence-corrected chi connectivity index (χ0v) is 12.0. The number of likely N-dealkylation sites (N-methyl/N-ethyl adjacent to an activating group) is 1. The van der Waals surface area contributed by atoms with E-state index in [-0.39, 0.29) is 5.91 Å². The first-order valence-corrected chi connectivity index (χ1v) is 7.32. The number of pyridine rings is 1. The van der Waals surface area contributed by atoms with Gasteiger partial charge in [-0.2, -0.15) is 0 Å². The van der Waals surface area contributed by atoms with Crippen molar-refractivity contribution in [3.8, 4) is 0 Å². The van der Waals surface area contributed by atoms with E-state index in [0.29, 0.717) is 12.5 Å². The van der Waals surface area contributed by atoms with E-state index >= 15 is 0 Å². The van der Waals surface area contributed by atoms with Gasteiger partial charge in [0.25, 0.3) is 0 Å². The van der Waals surface area contributed by atoms with Crippen LogP contribution in [0.15, 0.2) is 24.4 Å². The Balaban J connectivity index is 1.43. The zero-order chi connectivity index (χ0) is 13.9. The van der Waals surface area contributed by atoms with Gasteiger partial charge >= 0.3 is 0 Å². The first-order chi connectivity index (χ1) is 9.72. The summed E-state index contributed by atoms with van der Waals surface area (Å²) < 4.78 is 0. The third-order valence-corrected chi connectivity index (χ3v) is 4.28. The van der Waals surface area contributed by atoms with Crippen LogP contribution < -0.4 is 0 Å². The van der Waals surface area contributed by atoms with Crippen LogP contribution in [0, 0.1) is 0 Å². The summed E-state index contributed by atoms with van der Waals surface area (Å²) >= 11 is 0. The van der Waals surface area contributed by atoms with Crippen LogP contribution in [0.2, 0.25) is 0 Å². The van der Waals surface area contributed by atoms with Crippen LogP contribution in [0.1, 0.15) is 11.6 Å². The maximum atomic E-state index is 12.2. The molecule has 20 heavy (non-hydrogen) atoms. The van der Waals surface area contributed by atoms with Gasteiger partial charge in [0.2, 0.25) is 5.91 Å². The topological polar surface area (TPSA) is 39.7 Å². The highest BCUT2D eigenvalue weighted by molar-refractivity contribution is 5.78. The molecule has 0 saturated carbocycles. The van der Waals surface area contributed by atoms with Crippen LogP contribution in [0.3, 0.4) is 0 Å². The zero-order valence-electron chi connectivity index (χ0n) is 12.0. The number of nitrogens with zero attached hydrogens (tertiary/aromatic N) is 4. The third-order valence-electron chi connectivity index (χ3n) is 4.28. The molecule has 0 bridgehead atoms. The molecule has 3 rings (SSSR count). The monoisotopic (exact) mass is 274 g/mol. The second kappa shape index (κ2) is 5.89. The fourth-order valence-corrected chi connectivity index (χ4v) is 2.85. The SMILES string of the molecule is CN1CCN(C(=O)CN2CC(c3ccccn3)C2)CC1. The summed E-state index contributed by atoms with van der Waals surface area (Å²) in [5.41, 5.74) is 1.15. The molecule has 108 valence electrons. The maximum Gasteiger partial charge on any atom is 0.236 e. The molecule has 5 nitrogen and oxygen atoms in total. The molecule has 0 unspecified atom stereocenters. The number of carbonyl (C=O) groups is 1. The van der Waals surface area contributed by atoms with Gasteiger partial charge in [0.05, 0.1) is 6.54 Å². The average molecular weight is 274 g/mol. The number of amides is 1. The normalized spacial score (nSPS) is 21.8. The number of likely N-dealkylation sites (tertiary alicyclic amines) is 1. The Morgan fingerprint density at radius 2 is 2.00 bits per heavy atom. The second-order valence-corrected chi connectivity index (χ2v) is 5.83. The first kappa shape index (κ1) is 13.5. The van der Waals surface area contributed by atoms with Gasteiger partial charge in [-0.3, -0.25) is 14.7 Å². The fraction of sp³-hybridized carbons (Fsp3) is 0.600. The van der Waals surface area contributed by atoms with Gasteiger partial charge in [-0.05, 0) is 19.2 Å². The van der Waals surface area contributed by atoms with E-state index in [1.165, 1.54) is 0 Å². The lowest BCUT2D eigenvalue weighted by atomic mass is 9.96. The lowest BCUT2D eigenvalue weighted by molar-refractivity contribution is -0.135. The van der Waals surface area contributed by atoms with Gasteiger partial charge in [0.1, 0.15) is 0 Å². The summed E-state index contributed by atoms with van der Waals surface area (Å²) in [6.45, 7) is 6.18. The molecule has 0 N–H and O–H groups in total. The average Bonchev–Trinajstić information content (AvgIpc) is 2.44. The minimum Gasteiger partial charge on any atom is -0.339 e. The van der Waals surface area contributed by atoms with Crippen molar-refractivity contribution in [2.75, 3.05) is 52.9 Å². The standard InChI is InChI=1S/C15H22N4O/c1-17-6-8-19(9-7-17)15(20)12-18-10-13(11-18)14-4-2-3-5-16-14/h2-5,13H,6-12H2,1H3. The molecule has 2 saturated heterocycles. The van der Waals surface area contributed by atoms with Crippen molar-refractivity contribution in [2.24, 2.45) is 0 Å². The van der Waals surface area contributed by atoms with Crippen LogP contribution >= 0.6 is 0 Å². The maximum absolute atomic E-state index is 12.2. The smallest absolute Gasteiger partial charge is 0.236 e. The van der Waals surface area contributed by atoms with Gasteiger partial charge < -0.3 is 9.80 Å². The molecule has 0 radical (unpaired) electrons. The van der Waals surface area contributed by atoms with E-state index in [2.05, 4.69) is 27.9 Å². The molecule has 1 aromatic rings. The Morgan fingerprint density at radius 3 is 2.65 bits per heavy atom. The van der Waals surface area contributed by atoms with E-state index < -0.39 is 0 Å². The number of aromatic nitrogens is 1. The lowest BCUT2D eigenvalue weighted by Gasteiger charge is -2.40. The lowest BCUT2D eigenvalue weighted by Crippen LogP contribution is -2.53. The number of piperazine rings is 1. The quantitative estimate of drug-likeness (QED) is 0.792. The molecule has 2 fully saturated rings. The summed E-state index contributed by atoms with van der Waals surface area (Å²) in [4.78, 5) is 23.1. The van der Waals surface area contributed by atoms with Crippen molar-refractivity contribution in [1.82, 2.24) is 19.7 Å². The summed E-state index contributed by atoms with van der Waals surface area (Å²) in [7, 11) is 2.11. The summed E-state index contributed by atoms with van der Waals surface area (Å²) in [6, 6.07) is 6.04. The van der Waals surface area contributed by atoms with Gasteiger partial charge in [0, 0.05) is 57.1 Å². The summed E-state index contributed by atoms with van der Waals surface area (Å²) in [5, 5.41) is 0. The Morgan fingerprint density at radius 1 is 1.25 bits per heavy atom. The van der Waals surface area contributed by atoms with E-state index in [1.54, 1.807) is 0 Å². The molecule has 2 aliphatic heterocycles. The third kappa shape index (κ3) is 2.99. The van der Waals surface area contributed by atoms with Crippen molar-refractivity contribution in [2.45, 2.75) is 5.92 Å². The largest absolute Gasteiger partial charge is 0.339 e. The van der Waals surface area contributed by atoms with E-state index in [9.17, 15) is 4.79 Å². The van der Waals surface area contributed by atoms with Crippen LogP contribution in [0.4, 0.5) is 0 Å². The van der Waals surface area contributed by atoms with Crippen LogP contribution in [0.25, 0.3) is 0 Å². The van der Waals surface area contributed by atoms with Crippen molar-refractivity contribution in [1.29, 1.82) is 0 Å². The van der Waals surface area contributed by atoms with Crippen molar-refractivity contribution < 1.29 is 4.79 Å². The van der Waals surface area contributed by atoms with E-state index in [0.717, 1.165) is 45.0 Å². The molecule has 5 heteroatoms. The molecule has 1 amide bonds. The molecule has 0 spiro atoms. The molecule has 0 aliphatic carbocycles. The van der Waals surface area contributed by atoms with Gasteiger partial charge in [0.15, 0.2) is 0 Å². The van der Waals surface area contributed by atoms with Crippen LogP contribution in [-0.2, 0) is 4.79 Å². The fourth-order valence-electron chi connectivity index (χ4n) is 2.85. The molecule has 3 heterocycles. The van der Waals surface area contributed by atoms with Gasteiger partial charge in [-0.15, -0.1) is 0 Å². The minimum atomic E-state index is 0.276. The molecular weight excluding hydrogens is 252 g/mol. The van der Waals surface area contributed by atoms with Crippen LogP contribution in [0.5, 0.6) is 0 Å². The summed E-state index contributed by atoms with van der Waals surface area (Å²) in [6.07, 6.45) is 1.84. The van der Waals surface area contributed by atoms with E-state index in [4.69, 9.17) is 0 Å². The predicted octanol–water partition coefficient (Wildman–Crippen LogP) is 0.255. The van der Waals surface area contributed by atoms with Crippen LogP contribution in [-0.4, -0.2) is 78.5 Å². The Bertz CT molecular complexity index is 450. The van der Waals surface area contributed by atoms with E-state index in [1.807, 2.05) is 23.2 Å². The molecular formula is C15H22N4O. The number of hydrogen-bond acceptors (Lipinski definition) is 4. The highest BCUT2D eigenvalue weighted by Gasteiger charge is 2.31. The van der Waals surface area contributed by atoms with Crippen molar-refractivity contribution in [3.63, 3.8) is 0 Å². The second-order valence-electron chi connectivity index (χ2n) is 5.83. The molecule has 2 aliphatic rings. The summed E-state index contributed by atoms with van der Waals surface area (Å²) in [5.74, 6) is 0.772. The Labute approximate surface area is 120 Å². The minimum absolute atomic E-state index is 0.276. The van der Waals surface area contributed by atoms with Crippen molar-refractivity contribution in [3.05, 3.63) is 30.1 Å². The first-order valence-electron chi connectivity index (χ1n) is 7.32. The molecule has 1 aromatic heterocycles. The molecule has 0 atom stereocenters.